The van der Waals surface area contributed by atoms with Crippen LogP contribution in [0, 0.1) is 18.3 Å². The van der Waals surface area contributed by atoms with E-state index in [4.69, 9.17) is 0 Å². The van der Waals surface area contributed by atoms with Gasteiger partial charge >= 0.3 is 0 Å². The van der Waals surface area contributed by atoms with Crippen LogP contribution in [0.2, 0.25) is 0 Å². The molecule has 0 aromatic heterocycles. The van der Waals surface area contributed by atoms with Crippen LogP contribution in [-0.4, -0.2) is 0 Å². The lowest BCUT2D eigenvalue weighted by Crippen LogP contribution is -1.83. The zero-order valence-corrected chi connectivity index (χ0v) is 9.72. The van der Waals surface area contributed by atoms with E-state index in [0.717, 1.165) is 11.1 Å². The van der Waals surface area contributed by atoms with Gasteiger partial charge in [0.25, 0.3) is 0 Å². The Morgan fingerprint density at radius 2 is 1.65 bits per heavy atom. The molecule has 0 aliphatic carbocycles. The zero-order valence-electron chi connectivity index (χ0n) is 9.72. The molecule has 0 fully saturated rings. The SMILES string of the molecule is Cc1ccccc1C=C(C#N)c1ccccc1. The highest BCUT2D eigenvalue weighted by atomic mass is 14.2. The number of allylic oxidation sites excluding steroid dienone is 1. The van der Waals surface area contributed by atoms with E-state index in [0.29, 0.717) is 5.57 Å². The molecule has 2 rings (SSSR count). The van der Waals surface area contributed by atoms with Crippen LogP contribution in [0.4, 0.5) is 0 Å². The van der Waals surface area contributed by atoms with Gasteiger partial charge in [-0.3, -0.25) is 0 Å². The van der Waals surface area contributed by atoms with E-state index in [1.54, 1.807) is 0 Å². The lowest BCUT2D eigenvalue weighted by atomic mass is 10.0. The van der Waals surface area contributed by atoms with Crippen LogP contribution in [-0.2, 0) is 0 Å². The smallest absolute Gasteiger partial charge is 0.0998 e. The molecule has 0 heterocycles. The van der Waals surface area contributed by atoms with Gasteiger partial charge in [0.05, 0.1) is 11.6 Å². The number of hydrogen-bond acceptors (Lipinski definition) is 1. The Balaban J connectivity index is 2.45. The molecule has 1 nitrogen and oxygen atoms in total. The Morgan fingerprint density at radius 1 is 1.00 bits per heavy atom. The molecule has 0 aliphatic heterocycles. The van der Waals surface area contributed by atoms with Crippen molar-refractivity contribution in [3.05, 3.63) is 71.3 Å². The van der Waals surface area contributed by atoms with E-state index in [1.165, 1.54) is 5.56 Å². The molecule has 0 atom stereocenters. The Labute approximate surface area is 102 Å². The molecule has 0 spiro atoms. The summed E-state index contributed by atoms with van der Waals surface area (Å²) in [6, 6.07) is 20.1. The lowest BCUT2D eigenvalue weighted by molar-refractivity contribution is 1.44. The van der Waals surface area contributed by atoms with Crippen LogP contribution >= 0.6 is 0 Å². The van der Waals surface area contributed by atoms with Crippen molar-refractivity contribution in [1.82, 2.24) is 0 Å². The third kappa shape index (κ3) is 2.62. The predicted octanol–water partition coefficient (Wildman–Crippen LogP) is 4.06. The number of benzene rings is 2. The van der Waals surface area contributed by atoms with Gasteiger partial charge in [0.1, 0.15) is 0 Å². The van der Waals surface area contributed by atoms with E-state index in [1.807, 2.05) is 67.6 Å². The molecule has 0 saturated heterocycles. The van der Waals surface area contributed by atoms with Crippen LogP contribution in [0.5, 0.6) is 0 Å². The van der Waals surface area contributed by atoms with E-state index < -0.39 is 0 Å². The highest BCUT2D eigenvalue weighted by Gasteiger charge is 2.00. The Bertz CT molecular complexity index is 574. The quantitative estimate of drug-likeness (QED) is 0.552. The van der Waals surface area contributed by atoms with Crippen LogP contribution < -0.4 is 0 Å². The fourth-order valence-corrected chi connectivity index (χ4v) is 1.70. The number of nitriles is 1. The van der Waals surface area contributed by atoms with Gasteiger partial charge in [-0.25, -0.2) is 0 Å². The first-order chi connectivity index (χ1) is 8.31. The fourth-order valence-electron chi connectivity index (χ4n) is 1.70. The summed E-state index contributed by atoms with van der Waals surface area (Å²) in [5.74, 6) is 0. The van der Waals surface area contributed by atoms with Crippen molar-refractivity contribution in [1.29, 1.82) is 5.26 Å². The summed E-state index contributed by atoms with van der Waals surface area (Å²) in [7, 11) is 0. The normalized spacial score (nSPS) is 10.9. The molecule has 0 bridgehead atoms. The molecular formula is C16H13N. The standard InChI is InChI=1S/C16H13N/c1-13-7-5-6-10-15(13)11-16(12-17)14-8-3-2-4-9-14/h2-11H,1H3. The topological polar surface area (TPSA) is 23.8 Å². The average molecular weight is 219 g/mol. The Hall–Kier alpha value is -2.33. The molecule has 2 aromatic rings. The average Bonchev–Trinajstić information content (AvgIpc) is 2.39. The molecule has 0 amide bonds. The molecule has 0 aliphatic rings. The van der Waals surface area contributed by atoms with E-state index in [-0.39, 0.29) is 0 Å². The molecule has 82 valence electrons. The van der Waals surface area contributed by atoms with Gasteiger partial charge in [-0.05, 0) is 29.7 Å². The number of nitrogens with zero attached hydrogens (tertiary/aromatic N) is 1. The summed E-state index contributed by atoms with van der Waals surface area (Å²) in [6.07, 6.45) is 1.94. The van der Waals surface area contributed by atoms with Crippen molar-refractivity contribution >= 4 is 11.6 Å². The van der Waals surface area contributed by atoms with Crippen molar-refractivity contribution in [2.45, 2.75) is 6.92 Å². The maximum atomic E-state index is 9.21. The first-order valence-electron chi connectivity index (χ1n) is 5.54. The number of hydrogen-bond donors (Lipinski definition) is 0. The second-order valence-electron chi connectivity index (χ2n) is 3.89. The van der Waals surface area contributed by atoms with Gasteiger partial charge in [-0.2, -0.15) is 5.26 Å². The van der Waals surface area contributed by atoms with Gasteiger partial charge in [0.15, 0.2) is 0 Å². The highest BCUT2D eigenvalue weighted by Crippen LogP contribution is 2.19. The van der Waals surface area contributed by atoms with Crippen molar-refractivity contribution in [2.75, 3.05) is 0 Å². The van der Waals surface area contributed by atoms with Crippen LogP contribution in [0.25, 0.3) is 11.6 Å². The summed E-state index contributed by atoms with van der Waals surface area (Å²) in [5.41, 5.74) is 3.92. The zero-order chi connectivity index (χ0) is 12.1. The van der Waals surface area contributed by atoms with Gasteiger partial charge in [-0.15, -0.1) is 0 Å². The maximum Gasteiger partial charge on any atom is 0.0998 e. The molecule has 2 aromatic carbocycles. The van der Waals surface area contributed by atoms with E-state index in [9.17, 15) is 5.26 Å². The summed E-state index contributed by atoms with van der Waals surface area (Å²) < 4.78 is 0. The van der Waals surface area contributed by atoms with Crippen molar-refractivity contribution < 1.29 is 0 Å². The van der Waals surface area contributed by atoms with Crippen molar-refractivity contribution in [2.24, 2.45) is 0 Å². The number of aryl methyl sites for hydroxylation is 1. The van der Waals surface area contributed by atoms with Crippen LogP contribution in [0.3, 0.4) is 0 Å². The largest absolute Gasteiger partial charge is 0.192 e. The minimum atomic E-state index is 0.694. The first-order valence-corrected chi connectivity index (χ1v) is 5.54. The molecule has 17 heavy (non-hydrogen) atoms. The van der Waals surface area contributed by atoms with Crippen LogP contribution in [0.1, 0.15) is 16.7 Å². The second kappa shape index (κ2) is 5.14. The molecule has 0 N–H and O–H groups in total. The Morgan fingerprint density at radius 3 is 2.29 bits per heavy atom. The molecule has 1 heteroatoms. The predicted molar refractivity (Wildman–Crippen MR) is 71.1 cm³/mol. The second-order valence-corrected chi connectivity index (χ2v) is 3.89. The first kappa shape index (κ1) is 11.2. The van der Waals surface area contributed by atoms with E-state index >= 15 is 0 Å². The molecule has 0 radical (unpaired) electrons. The summed E-state index contributed by atoms with van der Waals surface area (Å²) >= 11 is 0. The fraction of sp³-hybridized carbons (Fsp3) is 0.0625. The van der Waals surface area contributed by atoms with Crippen molar-refractivity contribution in [3.8, 4) is 6.07 Å². The summed E-state index contributed by atoms with van der Waals surface area (Å²) in [4.78, 5) is 0. The lowest BCUT2D eigenvalue weighted by Gasteiger charge is -2.02. The molecule has 0 unspecified atom stereocenters. The summed E-state index contributed by atoms with van der Waals surface area (Å²) in [6.45, 7) is 2.05. The van der Waals surface area contributed by atoms with Gasteiger partial charge in [0, 0.05) is 0 Å². The third-order valence-corrected chi connectivity index (χ3v) is 2.69. The van der Waals surface area contributed by atoms with Crippen LogP contribution in [0.15, 0.2) is 54.6 Å². The Kier molecular flexibility index (Phi) is 3.37. The van der Waals surface area contributed by atoms with Gasteiger partial charge in [0.2, 0.25) is 0 Å². The third-order valence-electron chi connectivity index (χ3n) is 2.69. The van der Waals surface area contributed by atoms with Crippen molar-refractivity contribution in [3.63, 3.8) is 0 Å². The maximum absolute atomic E-state index is 9.21. The van der Waals surface area contributed by atoms with E-state index in [2.05, 4.69) is 6.07 Å². The monoisotopic (exact) mass is 219 g/mol. The van der Waals surface area contributed by atoms with Gasteiger partial charge < -0.3 is 0 Å². The highest BCUT2D eigenvalue weighted by molar-refractivity contribution is 5.90. The molecule has 0 saturated carbocycles. The van der Waals surface area contributed by atoms with Gasteiger partial charge in [-0.1, -0.05) is 54.6 Å². The minimum Gasteiger partial charge on any atom is -0.192 e. The molecular weight excluding hydrogens is 206 g/mol. The summed E-state index contributed by atoms with van der Waals surface area (Å²) in [5, 5.41) is 9.21. The minimum absolute atomic E-state index is 0.694. The number of rotatable bonds is 2.